The third-order valence-electron chi connectivity index (χ3n) is 3.26. The molecule has 0 bridgehead atoms. The number of amides is 2. The van der Waals surface area contributed by atoms with Crippen LogP contribution in [0.1, 0.15) is 6.92 Å². The molecule has 0 radical (unpaired) electrons. The zero-order chi connectivity index (χ0) is 14.3. The minimum absolute atomic E-state index is 0.0681. The fraction of sp³-hybridized carbons (Fsp3) is 0.692. The van der Waals surface area contributed by atoms with Crippen molar-refractivity contribution in [2.75, 3.05) is 46.4 Å². The first kappa shape index (κ1) is 15.7. The van der Waals surface area contributed by atoms with E-state index in [0.717, 1.165) is 13.2 Å². The molecule has 6 heteroatoms. The van der Waals surface area contributed by atoms with Gasteiger partial charge in [0.1, 0.15) is 0 Å². The Morgan fingerprint density at radius 3 is 2.89 bits per heavy atom. The Labute approximate surface area is 114 Å². The van der Waals surface area contributed by atoms with Crippen LogP contribution in [0, 0.1) is 0 Å². The van der Waals surface area contributed by atoms with E-state index in [-0.39, 0.29) is 24.4 Å². The second-order valence-electron chi connectivity index (χ2n) is 4.57. The molecule has 0 saturated carbocycles. The first-order chi connectivity index (χ1) is 9.08. The van der Waals surface area contributed by atoms with Gasteiger partial charge in [-0.3, -0.25) is 14.5 Å². The van der Waals surface area contributed by atoms with Crippen LogP contribution in [-0.4, -0.2) is 74.1 Å². The van der Waals surface area contributed by atoms with Crippen LogP contribution in [0.4, 0.5) is 0 Å². The predicted molar refractivity (Wildman–Crippen MR) is 72.7 cm³/mol. The first-order valence-corrected chi connectivity index (χ1v) is 6.54. The molecule has 0 aromatic heterocycles. The SMILES string of the molecule is C=CC(=O)N(CC)CC(=O)NCC1COCCN1C. The molecule has 19 heavy (non-hydrogen) atoms. The van der Waals surface area contributed by atoms with Gasteiger partial charge in [-0.25, -0.2) is 0 Å². The van der Waals surface area contributed by atoms with Crippen molar-refractivity contribution in [3.8, 4) is 0 Å². The molecule has 0 aromatic carbocycles. The molecule has 1 aliphatic rings. The zero-order valence-corrected chi connectivity index (χ0v) is 11.7. The second kappa shape index (κ2) is 7.91. The molecule has 1 atom stereocenters. The number of nitrogens with zero attached hydrogens (tertiary/aromatic N) is 2. The highest BCUT2D eigenvalue weighted by Gasteiger charge is 2.20. The van der Waals surface area contributed by atoms with Gasteiger partial charge in [0.05, 0.1) is 25.8 Å². The van der Waals surface area contributed by atoms with Crippen LogP contribution in [-0.2, 0) is 14.3 Å². The van der Waals surface area contributed by atoms with Gasteiger partial charge in [-0.2, -0.15) is 0 Å². The fourth-order valence-corrected chi connectivity index (χ4v) is 1.89. The molecule has 1 unspecified atom stereocenters. The van der Waals surface area contributed by atoms with E-state index in [4.69, 9.17) is 4.74 Å². The maximum atomic E-state index is 11.8. The van der Waals surface area contributed by atoms with E-state index in [0.29, 0.717) is 19.7 Å². The maximum Gasteiger partial charge on any atom is 0.246 e. The molecule has 1 N–H and O–H groups in total. The van der Waals surface area contributed by atoms with Gasteiger partial charge >= 0.3 is 0 Å². The van der Waals surface area contributed by atoms with Crippen LogP contribution in [0.5, 0.6) is 0 Å². The highest BCUT2D eigenvalue weighted by atomic mass is 16.5. The molecule has 0 aromatic rings. The van der Waals surface area contributed by atoms with Crippen LogP contribution < -0.4 is 5.32 Å². The minimum atomic E-state index is -0.226. The molecule has 1 saturated heterocycles. The average Bonchev–Trinajstić information content (AvgIpc) is 2.43. The zero-order valence-electron chi connectivity index (χ0n) is 11.7. The van der Waals surface area contributed by atoms with Crippen molar-refractivity contribution in [3.63, 3.8) is 0 Å². The number of carbonyl (C=O) groups excluding carboxylic acids is 2. The van der Waals surface area contributed by atoms with Gasteiger partial charge in [-0.1, -0.05) is 6.58 Å². The molecular weight excluding hydrogens is 246 g/mol. The summed E-state index contributed by atoms with van der Waals surface area (Å²) in [7, 11) is 2.01. The monoisotopic (exact) mass is 269 g/mol. The van der Waals surface area contributed by atoms with Gasteiger partial charge in [0.25, 0.3) is 0 Å². The summed E-state index contributed by atoms with van der Waals surface area (Å²) in [5.41, 5.74) is 0. The Morgan fingerprint density at radius 2 is 2.32 bits per heavy atom. The third-order valence-corrected chi connectivity index (χ3v) is 3.26. The van der Waals surface area contributed by atoms with Gasteiger partial charge in [0, 0.05) is 19.6 Å². The summed E-state index contributed by atoms with van der Waals surface area (Å²) in [4.78, 5) is 26.8. The first-order valence-electron chi connectivity index (χ1n) is 6.54. The van der Waals surface area contributed by atoms with Crippen molar-refractivity contribution in [2.45, 2.75) is 13.0 Å². The van der Waals surface area contributed by atoms with Gasteiger partial charge < -0.3 is 15.0 Å². The van der Waals surface area contributed by atoms with E-state index < -0.39 is 0 Å². The molecule has 0 aliphatic carbocycles. The minimum Gasteiger partial charge on any atom is -0.378 e. The summed E-state index contributed by atoms with van der Waals surface area (Å²) in [6.45, 7) is 8.58. The summed E-state index contributed by atoms with van der Waals surface area (Å²) >= 11 is 0. The Bertz CT molecular complexity index is 333. The lowest BCUT2D eigenvalue weighted by molar-refractivity contribution is -0.132. The summed E-state index contributed by atoms with van der Waals surface area (Å²) in [5.74, 6) is -0.383. The van der Waals surface area contributed by atoms with E-state index in [1.807, 2.05) is 14.0 Å². The van der Waals surface area contributed by atoms with E-state index in [1.54, 1.807) is 0 Å². The normalized spacial score (nSPS) is 19.8. The highest BCUT2D eigenvalue weighted by Crippen LogP contribution is 2.02. The standard InChI is InChI=1S/C13H23N3O3/c1-4-13(18)16(5-2)9-12(17)14-8-11-10-19-7-6-15(11)3/h4,11H,1,5-10H2,2-3H3,(H,14,17). The largest absolute Gasteiger partial charge is 0.378 e. The Balaban J connectivity index is 2.34. The number of ether oxygens (including phenoxy) is 1. The Kier molecular flexibility index (Phi) is 6.52. The molecule has 1 rings (SSSR count). The van der Waals surface area contributed by atoms with Crippen LogP contribution in [0.2, 0.25) is 0 Å². The Morgan fingerprint density at radius 1 is 1.58 bits per heavy atom. The number of carbonyl (C=O) groups is 2. The van der Waals surface area contributed by atoms with E-state index >= 15 is 0 Å². The van der Waals surface area contributed by atoms with Crippen molar-refractivity contribution >= 4 is 11.8 Å². The summed E-state index contributed by atoms with van der Waals surface area (Å²) < 4.78 is 5.37. The van der Waals surface area contributed by atoms with E-state index in [2.05, 4.69) is 16.8 Å². The molecule has 6 nitrogen and oxygen atoms in total. The van der Waals surface area contributed by atoms with Gasteiger partial charge in [-0.05, 0) is 20.0 Å². The van der Waals surface area contributed by atoms with Crippen LogP contribution in [0.15, 0.2) is 12.7 Å². The number of rotatable bonds is 6. The smallest absolute Gasteiger partial charge is 0.246 e. The number of hydrogen-bond acceptors (Lipinski definition) is 4. The fourth-order valence-electron chi connectivity index (χ4n) is 1.89. The van der Waals surface area contributed by atoms with E-state index in [9.17, 15) is 9.59 Å². The van der Waals surface area contributed by atoms with Crippen LogP contribution in [0.3, 0.4) is 0 Å². The van der Waals surface area contributed by atoms with E-state index in [1.165, 1.54) is 11.0 Å². The van der Waals surface area contributed by atoms with Crippen LogP contribution in [0.25, 0.3) is 0 Å². The van der Waals surface area contributed by atoms with Crippen LogP contribution >= 0.6 is 0 Å². The van der Waals surface area contributed by atoms with Gasteiger partial charge in [0.2, 0.25) is 11.8 Å². The highest BCUT2D eigenvalue weighted by molar-refractivity contribution is 5.90. The van der Waals surface area contributed by atoms with Crippen molar-refractivity contribution < 1.29 is 14.3 Å². The molecule has 1 fully saturated rings. The molecule has 1 heterocycles. The van der Waals surface area contributed by atoms with Gasteiger partial charge in [-0.15, -0.1) is 0 Å². The predicted octanol–water partition coefficient (Wildman–Crippen LogP) is -0.532. The number of hydrogen-bond donors (Lipinski definition) is 1. The average molecular weight is 269 g/mol. The quantitative estimate of drug-likeness (QED) is 0.658. The molecule has 2 amide bonds. The topological polar surface area (TPSA) is 61.9 Å². The summed E-state index contributed by atoms with van der Waals surface area (Å²) in [6, 6.07) is 0.197. The lowest BCUT2D eigenvalue weighted by Gasteiger charge is -2.32. The number of likely N-dealkylation sites (N-methyl/N-ethyl adjacent to an activating group) is 2. The number of morpholine rings is 1. The molecule has 108 valence electrons. The molecule has 0 spiro atoms. The van der Waals surface area contributed by atoms with Gasteiger partial charge in [0.15, 0.2) is 0 Å². The third kappa shape index (κ3) is 5.00. The van der Waals surface area contributed by atoms with Crippen molar-refractivity contribution in [2.24, 2.45) is 0 Å². The van der Waals surface area contributed by atoms with Crippen molar-refractivity contribution in [3.05, 3.63) is 12.7 Å². The molecular formula is C13H23N3O3. The van der Waals surface area contributed by atoms with Crippen molar-refractivity contribution in [1.82, 2.24) is 15.1 Å². The number of nitrogens with one attached hydrogen (secondary N) is 1. The second-order valence-corrected chi connectivity index (χ2v) is 4.57. The lowest BCUT2D eigenvalue weighted by atomic mass is 10.2. The van der Waals surface area contributed by atoms with Crippen molar-refractivity contribution in [1.29, 1.82) is 0 Å². The maximum absolute atomic E-state index is 11.8. The molecule has 1 aliphatic heterocycles. The lowest BCUT2D eigenvalue weighted by Crippen LogP contribution is -2.50. The summed E-state index contributed by atoms with van der Waals surface area (Å²) in [6.07, 6.45) is 1.22. The summed E-state index contributed by atoms with van der Waals surface area (Å²) in [5, 5.41) is 2.84. The Hall–Kier alpha value is -1.40.